The first kappa shape index (κ1) is 19.1. The number of pyridine rings is 1. The molecule has 27 heavy (non-hydrogen) atoms. The van der Waals surface area contributed by atoms with Crippen molar-refractivity contribution in [2.75, 3.05) is 25.6 Å². The minimum absolute atomic E-state index is 0.170. The van der Waals surface area contributed by atoms with Gasteiger partial charge in [-0.25, -0.2) is 9.78 Å². The summed E-state index contributed by atoms with van der Waals surface area (Å²) in [5.74, 6) is 0.339. The summed E-state index contributed by atoms with van der Waals surface area (Å²) in [5, 5.41) is 2.77. The van der Waals surface area contributed by atoms with E-state index in [9.17, 15) is 9.59 Å². The van der Waals surface area contributed by atoms with Crippen LogP contribution in [0.4, 0.5) is 10.6 Å². The van der Waals surface area contributed by atoms with Gasteiger partial charge in [0.2, 0.25) is 5.91 Å². The van der Waals surface area contributed by atoms with Crippen molar-refractivity contribution in [1.82, 2.24) is 9.88 Å². The van der Waals surface area contributed by atoms with Crippen LogP contribution in [0.5, 0.6) is 0 Å². The summed E-state index contributed by atoms with van der Waals surface area (Å²) in [6.45, 7) is 2.55. The van der Waals surface area contributed by atoms with Crippen molar-refractivity contribution >= 4 is 17.8 Å². The van der Waals surface area contributed by atoms with E-state index in [1.54, 1.807) is 19.4 Å². The van der Waals surface area contributed by atoms with E-state index in [4.69, 9.17) is 9.47 Å². The number of methoxy groups -OCH3 is 1. The summed E-state index contributed by atoms with van der Waals surface area (Å²) < 4.78 is 10.8. The van der Waals surface area contributed by atoms with E-state index in [1.807, 2.05) is 37.3 Å². The average Bonchev–Trinajstić information content (AvgIpc) is 3.13. The fourth-order valence-electron chi connectivity index (χ4n) is 3.19. The molecule has 1 unspecified atom stereocenters. The van der Waals surface area contributed by atoms with Crippen LogP contribution in [0.25, 0.3) is 0 Å². The van der Waals surface area contributed by atoms with Crippen molar-refractivity contribution in [1.29, 1.82) is 0 Å². The summed E-state index contributed by atoms with van der Waals surface area (Å²) in [6.07, 6.45) is 10.2. The summed E-state index contributed by atoms with van der Waals surface area (Å²) in [6, 6.07) is 2.96. The molecule has 0 radical (unpaired) electrons. The Bertz CT molecular complexity index is 729. The maximum absolute atomic E-state index is 12.7. The highest BCUT2D eigenvalue weighted by molar-refractivity contribution is 5.96. The second-order valence-corrected chi connectivity index (χ2v) is 6.86. The Morgan fingerprint density at radius 1 is 1.33 bits per heavy atom. The Kier molecular flexibility index (Phi) is 6.24. The number of aromatic nitrogens is 1. The molecule has 1 aromatic rings. The van der Waals surface area contributed by atoms with Crippen molar-refractivity contribution in [2.45, 2.75) is 31.9 Å². The number of aryl methyl sites for hydroxylation is 1. The number of carbonyl (C=O) groups is 2. The number of anilines is 1. The van der Waals surface area contributed by atoms with Crippen LogP contribution in [-0.4, -0.2) is 54.3 Å². The molecule has 7 nitrogen and oxygen atoms in total. The van der Waals surface area contributed by atoms with Crippen molar-refractivity contribution in [3.8, 4) is 0 Å². The lowest BCUT2D eigenvalue weighted by molar-refractivity contribution is -0.120. The maximum atomic E-state index is 12.7. The largest absolute Gasteiger partial charge is 0.449 e. The van der Waals surface area contributed by atoms with Gasteiger partial charge in [-0.3, -0.25) is 9.69 Å². The Morgan fingerprint density at radius 2 is 2.19 bits per heavy atom. The lowest BCUT2D eigenvalue weighted by atomic mass is 10.0. The number of likely N-dealkylation sites (tertiary alicyclic amines) is 1. The van der Waals surface area contributed by atoms with E-state index >= 15 is 0 Å². The third-order valence-electron chi connectivity index (χ3n) is 4.79. The van der Waals surface area contributed by atoms with Gasteiger partial charge in [0.05, 0.1) is 19.3 Å². The van der Waals surface area contributed by atoms with E-state index in [2.05, 4.69) is 10.3 Å². The second kappa shape index (κ2) is 8.81. The standard InChI is InChI=1S/C20H25N3O4/c1-14-8-9-18(21-11-14)22-19(24)17-10-16(26-2)12-23(17)20(25)27-13-15-6-4-3-5-7-15/h3-6,8-9,11,15-17H,7,10,12-13H2,1-2H3,(H,21,22,24)/t15?,16-,17+/m1/s1. The molecule has 1 aliphatic heterocycles. The molecule has 0 aromatic carbocycles. The van der Waals surface area contributed by atoms with Crippen LogP contribution < -0.4 is 5.32 Å². The molecular formula is C20H25N3O4. The predicted octanol–water partition coefficient (Wildman–Crippen LogP) is 2.69. The number of hydrogen-bond donors (Lipinski definition) is 1. The third-order valence-corrected chi connectivity index (χ3v) is 4.79. The molecule has 3 atom stereocenters. The van der Waals surface area contributed by atoms with E-state index in [1.165, 1.54) is 4.90 Å². The van der Waals surface area contributed by atoms with Crippen molar-refractivity contribution in [3.05, 3.63) is 48.2 Å². The van der Waals surface area contributed by atoms with Gasteiger partial charge in [0.15, 0.2) is 0 Å². The molecule has 1 aromatic heterocycles. The molecule has 1 aliphatic carbocycles. The zero-order chi connectivity index (χ0) is 19.2. The third kappa shape index (κ3) is 4.95. The molecule has 0 spiro atoms. The highest BCUT2D eigenvalue weighted by Gasteiger charge is 2.41. The van der Waals surface area contributed by atoms with Gasteiger partial charge in [-0.15, -0.1) is 0 Å². The van der Waals surface area contributed by atoms with Gasteiger partial charge in [0.25, 0.3) is 0 Å². The fraction of sp³-hybridized carbons (Fsp3) is 0.450. The second-order valence-electron chi connectivity index (χ2n) is 6.86. The Balaban J connectivity index is 1.61. The first-order valence-corrected chi connectivity index (χ1v) is 9.10. The van der Waals surface area contributed by atoms with Gasteiger partial charge in [0.1, 0.15) is 11.9 Å². The van der Waals surface area contributed by atoms with Gasteiger partial charge >= 0.3 is 6.09 Å². The fourth-order valence-corrected chi connectivity index (χ4v) is 3.19. The molecule has 1 N–H and O–H groups in total. The van der Waals surface area contributed by atoms with Gasteiger partial charge in [-0.1, -0.05) is 30.4 Å². The highest BCUT2D eigenvalue weighted by Crippen LogP contribution is 2.23. The molecule has 2 amide bonds. The molecule has 0 bridgehead atoms. The molecule has 3 rings (SSSR count). The molecule has 1 fully saturated rings. The van der Waals surface area contributed by atoms with E-state index < -0.39 is 12.1 Å². The monoisotopic (exact) mass is 371 g/mol. The van der Waals surface area contributed by atoms with Crippen molar-refractivity contribution in [2.24, 2.45) is 5.92 Å². The first-order chi connectivity index (χ1) is 13.1. The molecule has 1 saturated heterocycles. The molecule has 2 heterocycles. The van der Waals surface area contributed by atoms with Gasteiger partial charge in [0, 0.05) is 25.6 Å². The van der Waals surface area contributed by atoms with Crippen molar-refractivity contribution < 1.29 is 19.1 Å². The summed E-state index contributed by atoms with van der Waals surface area (Å²) in [7, 11) is 1.58. The van der Waals surface area contributed by atoms with Crippen molar-refractivity contribution in [3.63, 3.8) is 0 Å². The lowest BCUT2D eigenvalue weighted by Crippen LogP contribution is -2.44. The normalized spacial score (nSPS) is 24.1. The number of allylic oxidation sites excluding steroid dienone is 3. The van der Waals surface area contributed by atoms with E-state index in [-0.39, 0.29) is 17.9 Å². The van der Waals surface area contributed by atoms with Crippen LogP contribution >= 0.6 is 0 Å². The summed E-state index contributed by atoms with van der Waals surface area (Å²) in [4.78, 5) is 30.9. The number of amides is 2. The predicted molar refractivity (Wildman–Crippen MR) is 101 cm³/mol. The molecular weight excluding hydrogens is 346 g/mol. The molecule has 144 valence electrons. The van der Waals surface area contributed by atoms with E-state index in [0.29, 0.717) is 25.4 Å². The average molecular weight is 371 g/mol. The van der Waals surface area contributed by atoms with Crippen LogP contribution in [0.15, 0.2) is 42.6 Å². The quantitative estimate of drug-likeness (QED) is 0.861. The van der Waals surface area contributed by atoms with Gasteiger partial charge in [-0.2, -0.15) is 0 Å². The number of ether oxygens (including phenoxy) is 2. The minimum atomic E-state index is -0.646. The Morgan fingerprint density at radius 3 is 2.85 bits per heavy atom. The molecule has 7 heteroatoms. The minimum Gasteiger partial charge on any atom is -0.449 e. The zero-order valence-corrected chi connectivity index (χ0v) is 15.6. The molecule has 2 aliphatic rings. The number of nitrogens with one attached hydrogen (secondary N) is 1. The Hall–Kier alpha value is -2.67. The van der Waals surface area contributed by atoms with Crippen LogP contribution in [-0.2, 0) is 14.3 Å². The summed E-state index contributed by atoms with van der Waals surface area (Å²) in [5.41, 5.74) is 1.00. The number of hydrogen-bond acceptors (Lipinski definition) is 5. The number of carbonyl (C=O) groups excluding carboxylic acids is 2. The number of nitrogens with zero attached hydrogens (tertiary/aromatic N) is 2. The maximum Gasteiger partial charge on any atom is 0.410 e. The van der Waals surface area contributed by atoms with E-state index in [0.717, 1.165) is 12.0 Å². The highest BCUT2D eigenvalue weighted by atomic mass is 16.6. The van der Waals surface area contributed by atoms with Gasteiger partial charge in [-0.05, 0) is 25.0 Å². The number of rotatable bonds is 5. The Labute approximate surface area is 159 Å². The zero-order valence-electron chi connectivity index (χ0n) is 15.6. The smallest absolute Gasteiger partial charge is 0.410 e. The topological polar surface area (TPSA) is 80.8 Å². The first-order valence-electron chi connectivity index (χ1n) is 9.10. The van der Waals surface area contributed by atoms with Crippen LogP contribution in [0.2, 0.25) is 0 Å². The van der Waals surface area contributed by atoms with Crippen LogP contribution in [0.1, 0.15) is 18.4 Å². The molecule has 0 saturated carbocycles. The lowest BCUT2D eigenvalue weighted by Gasteiger charge is -2.24. The summed E-state index contributed by atoms with van der Waals surface area (Å²) >= 11 is 0. The van der Waals surface area contributed by atoms with Crippen LogP contribution in [0, 0.1) is 12.8 Å². The SMILES string of the molecule is CO[C@@H]1C[C@@H](C(=O)Nc2ccc(C)cn2)N(C(=O)OCC2C=CC=CC2)C1. The van der Waals surface area contributed by atoms with Crippen LogP contribution in [0.3, 0.4) is 0 Å². The van der Waals surface area contributed by atoms with Gasteiger partial charge < -0.3 is 14.8 Å².